The largest absolute Gasteiger partial charge is 0.508 e. The average molecular weight is 339 g/mol. The Morgan fingerprint density at radius 2 is 2.00 bits per heavy atom. The molecule has 2 rings (SSSR count). The molecule has 0 unspecified atom stereocenters. The van der Waals surface area contributed by atoms with E-state index in [-0.39, 0.29) is 30.9 Å². The molecular formula is C16H25N3O5. The number of carbonyl (C=O) groups excluding carboxylic acids is 1. The van der Waals surface area contributed by atoms with Gasteiger partial charge in [0.1, 0.15) is 24.2 Å². The monoisotopic (exact) mass is 339 g/mol. The van der Waals surface area contributed by atoms with Gasteiger partial charge in [0.05, 0.1) is 0 Å². The summed E-state index contributed by atoms with van der Waals surface area (Å²) in [5, 5.41) is 33.7. The highest BCUT2D eigenvalue weighted by molar-refractivity contribution is 5.75. The standard InChI is InChI=1S/C16H25N3O5/c20-10-12-8-19(9-12)16(23)18-6-5-17-7-14(22)11-24-15-3-1-13(21)2-4-15/h1-4,12,14,17,20-22H,5-11H2,(H,18,23)/t14-/m0/s1. The highest BCUT2D eigenvalue weighted by atomic mass is 16.5. The number of hydrogen-bond donors (Lipinski definition) is 5. The first kappa shape index (κ1) is 18.3. The van der Waals surface area contributed by atoms with Crippen LogP contribution in [-0.4, -0.2) is 78.3 Å². The molecule has 0 aliphatic carbocycles. The third-order valence-electron chi connectivity index (χ3n) is 3.74. The van der Waals surface area contributed by atoms with Gasteiger partial charge in [-0.3, -0.25) is 0 Å². The Labute approximate surface area is 141 Å². The Morgan fingerprint density at radius 3 is 2.67 bits per heavy atom. The minimum Gasteiger partial charge on any atom is -0.508 e. The van der Waals surface area contributed by atoms with E-state index in [0.717, 1.165) is 0 Å². The fourth-order valence-electron chi connectivity index (χ4n) is 2.28. The van der Waals surface area contributed by atoms with Crippen LogP contribution < -0.4 is 15.4 Å². The number of aliphatic hydroxyl groups is 2. The van der Waals surface area contributed by atoms with Crippen LogP contribution in [0.5, 0.6) is 11.5 Å². The number of phenolic OH excluding ortho intramolecular Hbond substituents is 1. The van der Waals surface area contributed by atoms with Crippen molar-refractivity contribution < 1.29 is 24.9 Å². The Hall–Kier alpha value is -2.03. The second-order valence-electron chi connectivity index (χ2n) is 5.85. The molecule has 0 saturated carbocycles. The summed E-state index contributed by atoms with van der Waals surface area (Å²) >= 11 is 0. The van der Waals surface area contributed by atoms with E-state index in [1.165, 1.54) is 12.1 Å². The number of benzene rings is 1. The van der Waals surface area contributed by atoms with Crippen LogP contribution in [0.2, 0.25) is 0 Å². The second-order valence-corrected chi connectivity index (χ2v) is 5.85. The Kier molecular flexibility index (Phi) is 7.10. The summed E-state index contributed by atoms with van der Waals surface area (Å²) < 4.78 is 5.39. The van der Waals surface area contributed by atoms with Crippen molar-refractivity contribution in [3.63, 3.8) is 0 Å². The molecule has 8 nitrogen and oxygen atoms in total. The van der Waals surface area contributed by atoms with E-state index in [0.29, 0.717) is 38.5 Å². The lowest BCUT2D eigenvalue weighted by molar-refractivity contribution is 0.0776. The summed E-state index contributed by atoms with van der Waals surface area (Å²) in [7, 11) is 0. The summed E-state index contributed by atoms with van der Waals surface area (Å²) in [4.78, 5) is 13.3. The quantitative estimate of drug-likeness (QED) is 0.382. The number of urea groups is 1. The Morgan fingerprint density at radius 1 is 1.29 bits per heavy atom. The summed E-state index contributed by atoms with van der Waals surface area (Å²) in [6.07, 6.45) is -0.671. The zero-order valence-electron chi connectivity index (χ0n) is 13.5. The zero-order valence-corrected chi connectivity index (χ0v) is 13.5. The molecule has 0 bridgehead atoms. The SMILES string of the molecule is O=C(NCCNC[C@H](O)COc1ccc(O)cc1)N1CC(CO)C1. The topological polar surface area (TPSA) is 114 Å². The summed E-state index contributed by atoms with van der Waals surface area (Å²) in [5.74, 6) is 0.948. The molecule has 0 aromatic heterocycles. The number of carbonyl (C=O) groups is 1. The number of ether oxygens (including phenoxy) is 1. The molecule has 1 saturated heterocycles. The molecule has 1 fully saturated rings. The lowest BCUT2D eigenvalue weighted by Gasteiger charge is -2.38. The van der Waals surface area contributed by atoms with Crippen LogP contribution in [0.4, 0.5) is 4.79 Å². The normalized spacial score (nSPS) is 15.7. The molecule has 2 amide bonds. The van der Waals surface area contributed by atoms with Gasteiger partial charge >= 0.3 is 6.03 Å². The molecule has 1 aliphatic rings. The van der Waals surface area contributed by atoms with E-state index in [1.54, 1.807) is 17.0 Å². The van der Waals surface area contributed by atoms with Gasteiger partial charge in [0.25, 0.3) is 0 Å². The van der Waals surface area contributed by atoms with Crippen molar-refractivity contribution in [2.45, 2.75) is 6.10 Å². The van der Waals surface area contributed by atoms with Crippen LogP contribution >= 0.6 is 0 Å². The first-order valence-corrected chi connectivity index (χ1v) is 8.02. The lowest BCUT2D eigenvalue weighted by atomic mass is 10.0. The zero-order chi connectivity index (χ0) is 17.4. The number of aromatic hydroxyl groups is 1. The third-order valence-corrected chi connectivity index (χ3v) is 3.74. The lowest BCUT2D eigenvalue weighted by Crippen LogP contribution is -2.55. The molecule has 1 aromatic rings. The molecule has 1 atom stereocenters. The van der Waals surface area contributed by atoms with E-state index in [2.05, 4.69) is 10.6 Å². The van der Waals surface area contributed by atoms with Gasteiger partial charge in [0, 0.05) is 45.2 Å². The fourth-order valence-corrected chi connectivity index (χ4v) is 2.28. The molecular weight excluding hydrogens is 314 g/mol. The van der Waals surface area contributed by atoms with Gasteiger partial charge in [-0.15, -0.1) is 0 Å². The molecule has 24 heavy (non-hydrogen) atoms. The number of amides is 2. The number of hydrogen-bond acceptors (Lipinski definition) is 6. The van der Waals surface area contributed by atoms with Crippen molar-refractivity contribution in [2.75, 3.05) is 45.9 Å². The smallest absolute Gasteiger partial charge is 0.317 e. The van der Waals surface area contributed by atoms with Crippen molar-refractivity contribution in [3.05, 3.63) is 24.3 Å². The maximum absolute atomic E-state index is 11.7. The summed E-state index contributed by atoms with van der Waals surface area (Å²) in [5.41, 5.74) is 0. The third kappa shape index (κ3) is 5.88. The van der Waals surface area contributed by atoms with Gasteiger partial charge in [-0.05, 0) is 24.3 Å². The van der Waals surface area contributed by atoms with E-state index in [4.69, 9.17) is 14.9 Å². The van der Waals surface area contributed by atoms with E-state index >= 15 is 0 Å². The van der Waals surface area contributed by atoms with Gasteiger partial charge < -0.3 is 35.6 Å². The number of rotatable bonds is 9. The summed E-state index contributed by atoms with van der Waals surface area (Å²) in [6.45, 7) is 2.82. The fraction of sp³-hybridized carbons (Fsp3) is 0.562. The van der Waals surface area contributed by atoms with Crippen LogP contribution in [0.3, 0.4) is 0 Å². The van der Waals surface area contributed by atoms with Gasteiger partial charge in [-0.1, -0.05) is 0 Å². The number of nitrogens with zero attached hydrogens (tertiary/aromatic N) is 1. The van der Waals surface area contributed by atoms with Crippen LogP contribution in [0, 0.1) is 5.92 Å². The van der Waals surface area contributed by atoms with Gasteiger partial charge in [0.2, 0.25) is 0 Å². The molecule has 0 radical (unpaired) electrons. The maximum atomic E-state index is 11.7. The van der Waals surface area contributed by atoms with Gasteiger partial charge in [0.15, 0.2) is 0 Å². The molecule has 5 N–H and O–H groups in total. The first-order valence-electron chi connectivity index (χ1n) is 8.02. The average Bonchev–Trinajstić information content (AvgIpc) is 2.53. The summed E-state index contributed by atoms with van der Waals surface area (Å²) in [6, 6.07) is 6.16. The molecule has 1 aliphatic heterocycles. The van der Waals surface area contributed by atoms with Crippen molar-refractivity contribution in [3.8, 4) is 11.5 Å². The highest BCUT2D eigenvalue weighted by Crippen LogP contribution is 2.16. The van der Waals surface area contributed by atoms with Crippen molar-refractivity contribution in [2.24, 2.45) is 5.92 Å². The van der Waals surface area contributed by atoms with E-state index < -0.39 is 6.10 Å². The molecule has 134 valence electrons. The van der Waals surface area contributed by atoms with Gasteiger partial charge in [-0.2, -0.15) is 0 Å². The van der Waals surface area contributed by atoms with Crippen molar-refractivity contribution in [1.29, 1.82) is 0 Å². The Balaban J connectivity index is 1.48. The predicted molar refractivity (Wildman–Crippen MR) is 88.0 cm³/mol. The first-order chi connectivity index (χ1) is 11.6. The molecule has 8 heteroatoms. The van der Waals surface area contributed by atoms with Gasteiger partial charge in [-0.25, -0.2) is 4.79 Å². The number of likely N-dealkylation sites (tertiary alicyclic amines) is 1. The minimum absolute atomic E-state index is 0.120. The maximum Gasteiger partial charge on any atom is 0.317 e. The number of aliphatic hydroxyl groups excluding tert-OH is 2. The molecule has 1 heterocycles. The predicted octanol–water partition coefficient (Wildman–Crippen LogP) is -0.645. The highest BCUT2D eigenvalue weighted by Gasteiger charge is 2.29. The second kappa shape index (κ2) is 9.31. The van der Waals surface area contributed by atoms with Crippen molar-refractivity contribution >= 4 is 6.03 Å². The van der Waals surface area contributed by atoms with Crippen LogP contribution in [0.15, 0.2) is 24.3 Å². The molecule has 0 spiro atoms. The minimum atomic E-state index is -0.671. The van der Waals surface area contributed by atoms with Crippen LogP contribution in [-0.2, 0) is 0 Å². The van der Waals surface area contributed by atoms with E-state index in [1.807, 2.05) is 0 Å². The van der Waals surface area contributed by atoms with Crippen molar-refractivity contribution in [1.82, 2.24) is 15.5 Å². The van der Waals surface area contributed by atoms with E-state index in [9.17, 15) is 9.90 Å². The number of nitrogens with one attached hydrogen (secondary N) is 2. The van der Waals surface area contributed by atoms with Crippen LogP contribution in [0.1, 0.15) is 0 Å². The molecule has 1 aromatic carbocycles. The number of phenols is 1. The van der Waals surface area contributed by atoms with Crippen LogP contribution in [0.25, 0.3) is 0 Å². The Bertz CT molecular complexity index is 505.